The van der Waals surface area contributed by atoms with Crippen molar-refractivity contribution in [3.63, 3.8) is 0 Å². The maximum absolute atomic E-state index is 12.1. The summed E-state index contributed by atoms with van der Waals surface area (Å²) < 4.78 is 5.00. The Bertz CT molecular complexity index is 499. The first-order valence-corrected chi connectivity index (χ1v) is 6.77. The topological polar surface area (TPSA) is 59.5 Å². The Hall–Kier alpha value is -2.17. The number of amides is 1. The quantitative estimate of drug-likeness (QED) is 0.618. The van der Waals surface area contributed by atoms with Gasteiger partial charge < -0.3 is 9.64 Å². The van der Waals surface area contributed by atoms with Crippen LogP contribution in [-0.4, -0.2) is 41.0 Å². The summed E-state index contributed by atoms with van der Waals surface area (Å²) >= 11 is 0. The zero-order chi connectivity index (χ0) is 14.4. The van der Waals surface area contributed by atoms with Crippen LogP contribution in [0, 0.1) is 0 Å². The number of carbonyl (C=O) groups excluding carboxylic acids is 2. The van der Waals surface area contributed by atoms with E-state index in [1.54, 1.807) is 36.4 Å². The second-order valence-electron chi connectivity index (χ2n) is 4.56. The maximum Gasteiger partial charge on any atom is 0.328 e. The second kappa shape index (κ2) is 6.84. The molecule has 20 heavy (non-hydrogen) atoms. The largest absolute Gasteiger partial charge is 0.464 e. The van der Waals surface area contributed by atoms with E-state index in [1.165, 1.54) is 6.08 Å². The van der Waals surface area contributed by atoms with Gasteiger partial charge in [-0.25, -0.2) is 4.79 Å². The average molecular weight is 274 g/mol. The molecule has 106 valence electrons. The van der Waals surface area contributed by atoms with Crippen molar-refractivity contribution in [1.82, 2.24) is 9.88 Å². The van der Waals surface area contributed by atoms with Gasteiger partial charge in [0.25, 0.3) is 0 Å². The molecule has 1 saturated heterocycles. The number of carbonyl (C=O) groups is 2. The van der Waals surface area contributed by atoms with Crippen LogP contribution >= 0.6 is 0 Å². The van der Waals surface area contributed by atoms with Crippen LogP contribution in [0.4, 0.5) is 0 Å². The van der Waals surface area contributed by atoms with Crippen molar-refractivity contribution in [2.75, 3.05) is 13.2 Å². The van der Waals surface area contributed by atoms with Crippen LogP contribution < -0.4 is 0 Å². The number of rotatable bonds is 4. The standard InChI is InChI=1S/C15H18N2O3/c1-2-20-15(19)13-6-4-10-17(13)14(18)8-7-12-5-3-9-16-11-12/h3,5,7-9,11,13H,2,4,6,10H2,1H3. The monoisotopic (exact) mass is 274 g/mol. The molecule has 0 aliphatic carbocycles. The number of esters is 1. The maximum atomic E-state index is 12.1. The third kappa shape index (κ3) is 3.44. The summed E-state index contributed by atoms with van der Waals surface area (Å²) in [6.07, 6.45) is 8.04. The zero-order valence-electron chi connectivity index (χ0n) is 11.5. The predicted molar refractivity (Wildman–Crippen MR) is 74.6 cm³/mol. The lowest BCUT2D eigenvalue weighted by atomic mass is 10.2. The van der Waals surface area contributed by atoms with Crippen LogP contribution in [0.1, 0.15) is 25.3 Å². The van der Waals surface area contributed by atoms with Gasteiger partial charge in [-0.05, 0) is 37.5 Å². The lowest BCUT2D eigenvalue weighted by molar-refractivity contribution is -0.151. The molecular weight excluding hydrogens is 256 g/mol. The first kappa shape index (κ1) is 14.2. The molecular formula is C15H18N2O3. The summed E-state index contributed by atoms with van der Waals surface area (Å²) in [5, 5.41) is 0. The van der Waals surface area contributed by atoms with E-state index in [4.69, 9.17) is 4.74 Å². The summed E-state index contributed by atoms with van der Waals surface area (Å²) in [5.74, 6) is -0.475. The van der Waals surface area contributed by atoms with Crippen molar-refractivity contribution in [2.24, 2.45) is 0 Å². The van der Waals surface area contributed by atoms with Crippen molar-refractivity contribution >= 4 is 18.0 Å². The summed E-state index contributed by atoms with van der Waals surface area (Å²) in [6, 6.07) is 3.23. The summed E-state index contributed by atoms with van der Waals surface area (Å²) in [7, 11) is 0. The number of pyridine rings is 1. The van der Waals surface area contributed by atoms with E-state index in [2.05, 4.69) is 4.98 Å². The van der Waals surface area contributed by atoms with E-state index in [-0.39, 0.29) is 11.9 Å². The molecule has 1 amide bonds. The van der Waals surface area contributed by atoms with Gasteiger partial charge in [-0.1, -0.05) is 6.07 Å². The van der Waals surface area contributed by atoms with Gasteiger partial charge in [0.15, 0.2) is 0 Å². The molecule has 0 N–H and O–H groups in total. The van der Waals surface area contributed by atoms with Gasteiger partial charge in [-0.3, -0.25) is 9.78 Å². The number of hydrogen-bond acceptors (Lipinski definition) is 4. The van der Waals surface area contributed by atoms with Crippen LogP contribution in [0.3, 0.4) is 0 Å². The van der Waals surface area contributed by atoms with Crippen LogP contribution in [0.25, 0.3) is 6.08 Å². The molecule has 5 heteroatoms. The number of nitrogens with zero attached hydrogens (tertiary/aromatic N) is 2. The number of aromatic nitrogens is 1. The molecule has 5 nitrogen and oxygen atoms in total. The number of hydrogen-bond donors (Lipinski definition) is 0. The minimum Gasteiger partial charge on any atom is -0.464 e. The minimum atomic E-state index is -0.444. The normalized spacial score (nSPS) is 18.4. The van der Waals surface area contributed by atoms with Gasteiger partial charge in [-0.2, -0.15) is 0 Å². The molecule has 0 radical (unpaired) electrons. The van der Waals surface area contributed by atoms with Crippen molar-refractivity contribution in [3.8, 4) is 0 Å². The summed E-state index contributed by atoms with van der Waals surface area (Å²) in [6.45, 7) is 2.70. The molecule has 1 atom stereocenters. The molecule has 0 saturated carbocycles. The van der Waals surface area contributed by atoms with Crippen LogP contribution in [0.5, 0.6) is 0 Å². The van der Waals surface area contributed by atoms with Crippen LogP contribution in [-0.2, 0) is 14.3 Å². The molecule has 2 heterocycles. The van der Waals surface area contributed by atoms with Crippen molar-refractivity contribution < 1.29 is 14.3 Å². The fourth-order valence-corrected chi connectivity index (χ4v) is 2.25. The van der Waals surface area contributed by atoms with Gasteiger partial charge in [0, 0.05) is 25.0 Å². The van der Waals surface area contributed by atoms with Gasteiger partial charge in [-0.15, -0.1) is 0 Å². The van der Waals surface area contributed by atoms with Gasteiger partial charge >= 0.3 is 5.97 Å². The van der Waals surface area contributed by atoms with Gasteiger partial charge in [0.05, 0.1) is 6.61 Å². The number of ether oxygens (including phenoxy) is 1. The first-order valence-electron chi connectivity index (χ1n) is 6.77. The molecule has 1 aromatic heterocycles. The molecule has 1 fully saturated rings. The van der Waals surface area contributed by atoms with Gasteiger partial charge in [0.2, 0.25) is 5.91 Å². The fourth-order valence-electron chi connectivity index (χ4n) is 2.25. The fraction of sp³-hybridized carbons (Fsp3) is 0.400. The molecule has 0 aromatic carbocycles. The van der Waals surface area contributed by atoms with Crippen molar-refractivity contribution in [3.05, 3.63) is 36.2 Å². The molecule has 0 spiro atoms. The Morgan fingerprint density at radius 1 is 1.55 bits per heavy atom. The lowest BCUT2D eigenvalue weighted by Crippen LogP contribution is -2.40. The molecule has 1 aliphatic heterocycles. The van der Waals surface area contributed by atoms with E-state index < -0.39 is 6.04 Å². The third-order valence-corrected chi connectivity index (χ3v) is 3.20. The highest BCUT2D eigenvalue weighted by Crippen LogP contribution is 2.19. The highest BCUT2D eigenvalue weighted by Gasteiger charge is 2.33. The van der Waals surface area contributed by atoms with Crippen molar-refractivity contribution in [2.45, 2.75) is 25.8 Å². The Morgan fingerprint density at radius 3 is 3.10 bits per heavy atom. The van der Waals surface area contributed by atoms with Crippen LogP contribution in [0.2, 0.25) is 0 Å². The van der Waals surface area contributed by atoms with E-state index in [0.29, 0.717) is 19.6 Å². The van der Waals surface area contributed by atoms with Gasteiger partial charge in [0.1, 0.15) is 6.04 Å². The highest BCUT2D eigenvalue weighted by atomic mass is 16.5. The predicted octanol–water partition coefficient (Wildman–Crippen LogP) is 1.65. The zero-order valence-corrected chi connectivity index (χ0v) is 11.5. The molecule has 0 bridgehead atoms. The second-order valence-corrected chi connectivity index (χ2v) is 4.56. The third-order valence-electron chi connectivity index (χ3n) is 3.20. The Morgan fingerprint density at radius 2 is 2.40 bits per heavy atom. The molecule has 1 aliphatic rings. The molecule has 2 rings (SSSR count). The summed E-state index contributed by atoms with van der Waals surface area (Å²) in [5.41, 5.74) is 0.854. The molecule has 1 aromatic rings. The highest BCUT2D eigenvalue weighted by molar-refractivity contribution is 5.95. The molecule has 1 unspecified atom stereocenters. The Balaban J connectivity index is 2.01. The minimum absolute atomic E-state index is 0.163. The first-order chi connectivity index (χ1) is 9.72. The number of likely N-dealkylation sites (tertiary alicyclic amines) is 1. The SMILES string of the molecule is CCOC(=O)C1CCCN1C(=O)C=Cc1cccnc1. The van der Waals surface area contributed by atoms with E-state index in [0.717, 1.165) is 12.0 Å². The van der Waals surface area contributed by atoms with E-state index >= 15 is 0 Å². The Kier molecular flexibility index (Phi) is 4.87. The lowest BCUT2D eigenvalue weighted by Gasteiger charge is -2.21. The Labute approximate surface area is 118 Å². The van der Waals surface area contributed by atoms with E-state index in [9.17, 15) is 9.59 Å². The van der Waals surface area contributed by atoms with Crippen molar-refractivity contribution in [1.29, 1.82) is 0 Å². The summed E-state index contributed by atoms with van der Waals surface area (Å²) in [4.78, 5) is 29.5. The van der Waals surface area contributed by atoms with E-state index in [1.807, 2.05) is 6.07 Å². The average Bonchev–Trinajstić information content (AvgIpc) is 2.96. The smallest absolute Gasteiger partial charge is 0.328 e. The van der Waals surface area contributed by atoms with Crippen LogP contribution in [0.15, 0.2) is 30.6 Å².